The monoisotopic (exact) mass is 626 g/mol. The Hall–Kier alpha value is -6.25. The largest absolute Gasteiger partial charge is 0.292 e. The lowest BCUT2D eigenvalue weighted by Gasteiger charge is -2.19. The Morgan fingerprint density at radius 1 is 0.429 bits per heavy atom. The molecule has 8 aromatic carbocycles. The number of para-hydroxylation sites is 1. The van der Waals surface area contributed by atoms with E-state index in [9.17, 15) is 0 Å². The fraction of sp³-hybridized carbons (Fsp3) is 0.0426. The summed E-state index contributed by atoms with van der Waals surface area (Å²) in [6.07, 6.45) is 0.996. The van der Waals surface area contributed by atoms with Gasteiger partial charge < -0.3 is 0 Å². The van der Waals surface area contributed by atoms with Crippen molar-refractivity contribution in [2.24, 2.45) is 0 Å². The second kappa shape index (κ2) is 12.1. The van der Waals surface area contributed by atoms with Crippen molar-refractivity contribution in [1.82, 2.24) is 9.55 Å². The maximum Gasteiger partial charge on any atom is 0.145 e. The average Bonchev–Trinajstić information content (AvgIpc) is 3.57. The predicted octanol–water partition coefficient (Wildman–Crippen LogP) is 12.6. The van der Waals surface area contributed by atoms with E-state index >= 15 is 0 Å². The van der Waals surface area contributed by atoms with Crippen molar-refractivity contribution in [3.05, 3.63) is 181 Å². The molecule has 0 radical (unpaired) electrons. The molecular weight excluding hydrogens is 593 g/mol. The van der Waals surface area contributed by atoms with Crippen LogP contribution in [0.25, 0.3) is 83.0 Å². The van der Waals surface area contributed by atoms with Gasteiger partial charge in [-0.2, -0.15) is 0 Å². The van der Waals surface area contributed by atoms with Crippen LogP contribution in [0, 0.1) is 0 Å². The van der Waals surface area contributed by atoms with Crippen molar-refractivity contribution in [3.8, 4) is 50.5 Å². The smallest absolute Gasteiger partial charge is 0.145 e. The van der Waals surface area contributed by atoms with Crippen molar-refractivity contribution in [2.75, 3.05) is 0 Å². The molecular formula is C47H34N2. The molecule has 1 heterocycles. The number of fused-ring (bicyclic) bond motifs is 3. The highest BCUT2D eigenvalue weighted by Gasteiger charge is 2.19. The summed E-state index contributed by atoms with van der Waals surface area (Å²) in [5.74, 6) is 0.939. The van der Waals surface area contributed by atoms with Crippen molar-refractivity contribution < 1.29 is 0 Å². The Labute approximate surface area is 286 Å². The summed E-state index contributed by atoms with van der Waals surface area (Å²) in [5.41, 5.74) is 12.9. The van der Waals surface area contributed by atoms with Gasteiger partial charge in [0.2, 0.25) is 0 Å². The summed E-state index contributed by atoms with van der Waals surface area (Å²) < 4.78 is 2.27. The number of aromatic nitrogens is 2. The molecule has 0 aliphatic carbocycles. The van der Waals surface area contributed by atoms with Crippen LogP contribution in [-0.4, -0.2) is 9.55 Å². The minimum absolute atomic E-state index is 0.939. The maximum atomic E-state index is 5.25. The maximum absolute atomic E-state index is 5.25. The predicted molar refractivity (Wildman–Crippen MR) is 207 cm³/mol. The third kappa shape index (κ3) is 5.01. The molecule has 0 fully saturated rings. The van der Waals surface area contributed by atoms with Gasteiger partial charge in [0.25, 0.3) is 0 Å². The Bertz CT molecular complexity index is 2600. The van der Waals surface area contributed by atoms with Gasteiger partial charge in [-0.1, -0.05) is 153 Å². The topological polar surface area (TPSA) is 17.8 Å². The highest BCUT2D eigenvalue weighted by molar-refractivity contribution is 6.22. The molecule has 0 atom stereocenters. The van der Waals surface area contributed by atoms with Gasteiger partial charge in [-0.05, 0) is 97.2 Å². The third-order valence-electron chi connectivity index (χ3n) is 9.75. The van der Waals surface area contributed by atoms with Crippen molar-refractivity contribution in [1.29, 1.82) is 0 Å². The summed E-state index contributed by atoms with van der Waals surface area (Å²) in [6, 6.07) is 63.5. The normalized spacial score (nSPS) is 11.4. The molecule has 0 N–H and O–H groups in total. The lowest BCUT2D eigenvalue weighted by atomic mass is 9.84. The standard InChI is InChI=1S/C47H34N2/c1-2-32-23-26-39-41(29-32)45(33-15-7-3-8-16-33)40-27-24-36(30-42(40)46(39)34-17-9-4-10-18-34)37-25-28-44-43(31-37)48-47(35-19-11-5-12-20-35)49(44)38-21-13-6-14-22-38/h3-31H,2H2,1H3. The van der Waals surface area contributed by atoms with E-state index in [2.05, 4.69) is 187 Å². The van der Waals surface area contributed by atoms with E-state index in [1.54, 1.807) is 0 Å². The Morgan fingerprint density at radius 2 is 0.939 bits per heavy atom. The fourth-order valence-corrected chi connectivity index (χ4v) is 7.39. The first kappa shape index (κ1) is 28.9. The van der Waals surface area contributed by atoms with Crippen molar-refractivity contribution >= 4 is 32.6 Å². The number of hydrogen-bond acceptors (Lipinski definition) is 1. The van der Waals surface area contributed by atoms with Gasteiger partial charge in [-0.25, -0.2) is 4.98 Å². The molecule has 9 aromatic rings. The lowest BCUT2D eigenvalue weighted by Crippen LogP contribution is -1.97. The summed E-state index contributed by atoms with van der Waals surface area (Å²) in [7, 11) is 0. The van der Waals surface area contributed by atoms with Gasteiger partial charge in [-0.15, -0.1) is 0 Å². The molecule has 0 aliphatic rings. The molecule has 0 saturated carbocycles. The van der Waals surface area contributed by atoms with Crippen LogP contribution in [0.3, 0.4) is 0 Å². The molecule has 232 valence electrons. The van der Waals surface area contributed by atoms with Gasteiger partial charge in [0, 0.05) is 11.3 Å². The van der Waals surface area contributed by atoms with E-state index in [1.807, 2.05) is 0 Å². The minimum atomic E-state index is 0.939. The van der Waals surface area contributed by atoms with Gasteiger partial charge in [0.15, 0.2) is 0 Å². The highest BCUT2D eigenvalue weighted by Crippen LogP contribution is 2.45. The van der Waals surface area contributed by atoms with Crippen molar-refractivity contribution in [2.45, 2.75) is 13.3 Å². The fourth-order valence-electron chi connectivity index (χ4n) is 7.39. The van der Waals surface area contributed by atoms with Gasteiger partial charge >= 0.3 is 0 Å². The molecule has 0 spiro atoms. The minimum Gasteiger partial charge on any atom is -0.292 e. The van der Waals surface area contributed by atoms with E-state index in [0.717, 1.165) is 40.1 Å². The molecule has 0 saturated heterocycles. The van der Waals surface area contributed by atoms with Crippen LogP contribution in [0.2, 0.25) is 0 Å². The van der Waals surface area contributed by atoms with Gasteiger partial charge in [0.05, 0.1) is 11.0 Å². The molecule has 49 heavy (non-hydrogen) atoms. The van der Waals surface area contributed by atoms with E-state index in [1.165, 1.54) is 54.9 Å². The first-order chi connectivity index (χ1) is 24.3. The van der Waals surface area contributed by atoms with Gasteiger partial charge in [-0.3, -0.25) is 4.57 Å². The van der Waals surface area contributed by atoms with E-state index < -0.39 is 0 Å². The zero-order chi connectivity index (χ0) is 32.7. The molecule has 0 aliphatic heterocycles. The zero-order valence-electron chi connectivity index (χ0n) is 27.3. The van der Waals surface area contributed by atoms with Gasteiger partial charge in [0.1, 0.15) is 5.82 Å². The van der Waals surface area contributed by atoms with Crippen LogP contribution in [0.15, 0.2) is 176 Å². The molecule has 9 rings (SSSR count). The molecule has 2 heteroatoms. The van der Waals surface area contributed by atoms with Crippen LogP contribution in [0.1, 0.15) is 12.5 Å². The average molecular weight is 627 g/mol. The van der Waals surface area contributed by atoms with Crippen molar-refractivity contribution in [3.63, 3.8) is 0 Å². The van der Waals surface area contributed by atoms with Crippen LogP contribution in [0.4, 0.5) is 0 Å². The number of nitrogens with zero attached hydrogens (tertiary/aromatic N) is 2. The Balaban J connectivity index is 1.31. The van der Waals surface area contributed by atoms with Crippen LogP contribution in [0.5, 0.6) is 0 Å². The molecule has 2 nitrogen and oxygen atoms in total. The van der Waals surface area contributed by atoms with Crippen LogP contribution >= 0.6 is 0 Å². The highest BCUT2D eigenvalue weighted by atomic mass is 15.1. The number of rotatable bonds is 6. The second-order valence-electron chi connectivity index (χ2n) is 12.7. The number of benzene rings is 8. The van der Waals surface area contributed by atoms with Crippen LogP contribution < -0.4 is 0 Å². The number of imidazole rings is 1. The molecule has 1 aromatic heterocycles. The summed E-state index contributed by atoms with van der Waals surface area (Å²) in [5, 5.41) is 5.08. The Kier molecular flexibility index (Phi) is 7.13. The number of aryl methyl sites for hydroxylation is 1. The molecule has 0 unspecified atom stereocenters. The first-order valence-corrected chi connectivity index (χ1v) is 17.0. The van der Waals surface area contributed by atoms with E-state index in [4.69, 9.17) is 4.98 Å². The van der Waals surface area contributed by atoms with Crippen LogP contribution in [-0.2, 0) is 6.42 Å². The first-order valence-electron chi connectivity index (χ1n) is 17.0. The lowest BCUT2D eigenvalue weighted by molar-refractivity contribution is 1.10. The van der Waals surface area contributed by atoms with E-state index in [-0.39, 0.29) is 0 Å². The molecule has 0 amide bonds. The SMILES string of the molecule is CCc1ccc2c(-c3ccccc3)c3cc(-c4ccc5c(c4)nc(-c4ccccc4)n5-c4ccccc4)ccc3c(-c3ccccc3)c2c1. The summed E-state index contributed by atoms with van der Waals surface area (Å²) >= 11 is 0. The quantitative estimate of drug-likeness (QED) is 0.168. The number of hydrogen-bond donors (Lipinski definition) is 0. The summed E-state index contributed by atoms with van der Waals surface area (Å²) in [4.78, 5) is 5.25. The zero-order valence-corrected chi connectivity index (χ0v) is 27.3. The third-order valence-corrected chi connectivity index (χ3v) is 9.75. The summed E-state index contributed by atoms with van der Waals surface area (Å²) in [6.45, 7) is 2.23. The van der Waals surface area contributed by atoms with E-state index in [0.29, 0.717) is 0 Å². The second-order valence-corrected chi connectivity index (χ2v) is 12.7. The molecule has 0 bridgehead atoms. The Morgan fingerprint density at radius 3 is 1.55 bits per heavy atom.